The van der Waals surface area contributed by atoms with Gasteiger partial charge < -0.3 is 15.7 Å². The Bertz CT molecular complexity index is 1300. The molecule has 1 aromatic heterocycles. The van der Waals surface area contributed by atoms with Crippen molar-refractivity contribution >= 4 is 75.3 Å². The van der Waals surface area contributed by atoms with E-state index in [0.717, 1.165) is 29.1 Å². The number of nitrogens with zero attached hydrogens (tertiary/aromatic N) is 4. The number of rotatable bonds is 12. The first-order valence-electron chi connectivity index (χ1n) is 11.0. The highest BCUT2D eigenvalue weighted by atomic mass is 35.5. The van der Waals surface area contributed by atoms with Gasteiger partial charge in [-0.1, -0.05) is 53.2 Å². The number of nitrogens with one attached hydrogen (secondary N) is 2. The average molecular weight is 598 g/mol. The van der Waals surface area contributed by atoms with Crippen LogP contribution in [0, 0.1) is 0 Å². The standard InChI is InChI=1S/C23H22Cl2N6O5S2/c1-13(32)26-15-7-5-14(6-8-15)9-10-37-23(36)27-18(11-20(34)35)19(33)12-31-22(28-29-30-31)38-21-16(24)3-2-4-17(21)25/h2-8,18H,9-12H2,1H3,(H,26,32)(H,27,36)(H,34,35). The molecular formula is C23H22Cl2N6O5S2. The summed E-state index contributed by atoms with van der Waals surface area (Å²) in [5.74, 6) is -1.61. The van der Waals surface area contributed by atoms with Gasteiger partial charge in [-0.2, -0.15) is 0 Å². The van der Waals surface area contributed by atoms with Gasteiger partial charge in [0.15, 0.2) is 5.78 Å². The van der Waals surface area contributed by atoms with Crippen LogP contribution in [0.1, 0.15) is 18.9 Å². The lowest BCUT2D eigenvalue weighted by atomic mass is 10.1. The van der Waals surface area contributed by atoms with Crippen LogP contribution < -0.4 is 10.6 Å². The molecule has 3 N–H and O–H groups in total. The summed E-state index contributed by atoms with van der Waals surface area (Å²) in [5.41, 5.74) is 1.61. The van der Waals surface area contributed by atoms with Gasteiger partial charge in [0.1, 0.15) is 12.6 Å². The number of carboxylic acids is 1. The first-order valence-corrected chi connectivity index (χ1v) is 13.6. The quantitative estimate of drug-likeness (QED) is 0.277. The van der Waals surface area contributed by atoms with E-state index in [1.165, 1.54) is 11.6 Å². The molecule has 15 heteroatoms. The van der Waals surface area contributed by atoms with Gasteiger partial charge >= 0.3 is 5.97 Å². The number of aliphatic carboxylic acids is 1. The summed E-state index contributed by atoms with van der Waals surface area (Å²) in [7, 11) is 0. The zero-order valence-corrected chi connectivity index (χ0v) is 23.0. The Balaban J connectivity index is 1.57. The molecule has 3 rings (SSSR count). The van der Waals surface area contributed by atoms with Crippen molar-refractivity contribution in [3.8, 4) is 0 Å². The number of benzene rings is 2. The van der Waals surface area contributed by atoms with Gasteiger partial charge in [0.25, 0.3) is 5.24 Å². The topological polar surface area (TPSA) is 156 Å². The molecule has 1 atom stereocenters. The van der Waals surface area contributed by atoms with Crippen molar-refractivity contribution in [1.29, 1.82) is 0 Å². The minimum absolute atomic E-state index is 0.171. The van der Waals surface area contributed by atoms with Crippen molar-refractivity contribution in [2.24, 2.45) is 0 Å². The number of amides is 2. The van der Waals surface area contributed by atoms with Crippen LogP contribution in [0.5, 0.6) is 0 Å². The SMILES string of the molecule is CC(=O)Nc1ccc(CCSC(=O)NC(CC(=O)O)C(=O)Cn2nnnc2Sc2c(Cl)cccc2Cl)cc1. The van der Waals surface area contributed by atoms with E-state index < -0.39 is 29.5 Å². The second-order valence-corrected chi connectivity index (χ2v) is 10.7. The third kappa shape index (κ3) is 9.01. The fraction of sp³-hybridized carbons (Fsp3) is 0.261. The lowest BCUT2D eigenvalue weighted by Crippen LogP contribution is -2.42. The second-order valence-electron chi connectivity index (χ2n) is 7.80. The predicted octanol–water partition coefficient (Wildman–Crippen LogP) is 4.19. The molecule has 0 saturated heterocycles. The fourth-order valence-electron chi connectivity index (χ4n) is 3.12. The van der Waals surface area contributed by atoms with Gasteiger partial charge in [-0.25, -0.2) is 4.68 Å². The van der Waals surface area contributed by atoms with Crippen molar-refractivity contribution in [2.45, 2.75) is 42.4 Å². The van der Waals surface area contributed by atoms with E-state index in [0.29, 0.717) is 32.8 Å². The third-order valence-electron chi connectivity index (χ3n) is 4.87. The second kappa shape index (κ2) is 14.1. The number of aryl methyl sites for hydroxylation is 1. The molecule has 0 bridgehead atoms. The van der Waals surface area contributed by atoms with Crippen LogP contribution in [0.15, 0.2) is 52.5 Å². The summed E-state index contributed by atoms with van der Waals surface area (Å²) in [6.07, 6.45) is -0.0531. The van der Waals surface area contributed by atoms with Crippen LogP contribution in [-0.2, 0) is 27.3 Å². The number of halogens is 2. The molecule has 1 heterocycles. The van der Waals surface area contributed by atoms with Gasteiger partial charge in [-0.3, -0.25) is 19.2 Å². The number of aromatic nitrogens is 4. The molecule has 200 valence electrons. The number of Topliss-reactive ketones (excluding diaryl/α,β-unsaturated/α-hetero) is 1. The summed E-state index contributed by atoms with van der Waals surface area (Å²) in [6, 6.07) is 10.9. The smallest absolute Gasteiger partial charge is 0.305 e. The van der Waals surface area contributed by atoms with E-state index in [1.54, 1.807) is 30.3 Å². The Hall–Kier alpha value is -3.13. The van der Waals surface area contributed by atoms with E-state index in [2.05, 4.69) is 26.2 Å². The first-order chi connectivity index (χ1) is 18.1. The minimum atomic E-state index is -1.28. The average Bonchev–Trinajstić information content (AvgIpc) is 3.28. The highest BCUT2D eigenvalue weighted by Crippen LogP contribution is 2.37. The molecule has 2 amide bonds. The molecule has 3 aromatic rings. The van der Waals surface area contributed by atoms with Crippen molar-refractivity contribution in [1.82, 2.24) is 25.5 Å². The van der Waals surface area contributed by atoms with E-state index >= 15 is 0 Å². The number of hydrogen-bond donors (Lipinski definition) is 3. The fourth-order valence-corrected chi connectivity index (χ4v) is 5.30. The Morgan fingerprint density at radius 2 is 1.76 bits per heavy atom. The maximum absolute atomic E-state index is 12.9. The van der Waals surface area contributed by atoms with E-state index in [1.807, 2.05) is 12.1 Å². The predicted molar refractivity (Wildman–Crippen MR) is 145 cm³/mol. The number of carbonyl (C=O) groups excluding carboxylic acids is 3. The molecule has 0 aliphatic rings. The Labute approximate surface area is 236 Å². The lowest BCUT2D eigenvalue weighted by Gasteiger charge is -2.16. The van der Waals surface area contributed by atoms with Crippen LogP contribution in [0.25, 0.3) is 0 Å². The van der Waals surface area contributed by atoms with Gasteiger partial charge in [-0.15, -0.1) is 5.10 Å². The molecular weight excluding hydrogens is 575 g/mol. The van der Waals surface area contributed by atoms with Crippen molar-refractivity contribution in [3.63, 3.8) is 0 Å². The highest BCUT2D eigenvalue weighted by Gasteiger charge is 2.26. The largest absolute Gasteiger partial charge is 0.481 e. The van der Waals surface area contributed by atoms with Crippen molar-refractivity contribution in [3.05, 3.63) is 58.1 Å². The zero-order chi connectivity index (χ0) is 27.7. The number of anilines is 1. The summed E-state index contributed by atoms with van der Waals surface area (Å²) in [4.78, 5) is 48.4. The van der Waals surface area contributed by atoms with E-state index in [4.69, 9.17) is 23.2 Å². The van der Waals surface area contributed by atoms with Crippen LogP contribution >= 0.6 is 46.7 Å². The minimum Gasteiger partial charge on any atom is -0.481 e. The van der Waals surface area contributed by atoms with Crippen LogP contribution in [-0.4, -0.2) is 60.0 Å². The lowest BCUT2D eigenvalue weighted by molar-refractivity contribution is -0.139. The van der Waals surface area contributed by atoms with Crippen molar-refractivity contribution < 1.29 is 24.3 Å². The van der Waals surface area contributed by atoms with Gasteiger partial charge in [0, 0.05) is 18.4 Å². The Morgan fingerprint density at radius 1 is 1.08 bits per heavy atom. The molecule has 1 unspecified atom stereocenters. The van der Waals surface area contributed by atoms with Gasteiger partial charge in [0.05, 0.1) is 21.4 Å². The summed E-state index contributed by atoms with van der Waals surface area (Å²) in [5, 5.41) is 26.1. The van der Waals surface area contributed by atoms with Crippen LogP contribution in [0.3, 0.4) is 0 Å². The summed E-state index contributed by atoms with van der Waals surface area (Å²) >= 11 is 14.4. The summed E-state index contributed by atoms with van der Waals surface area (Å²) in [6.45, 7) is 1.05. The molecule has 38 heavy (non-hydrogen) atoms. The van der Waals surface area contributed by atoms with Crippen LogP contribution in [0.2, 0.25) is 10.0 Å². The molecule has 11 nitrogen and oxygen atoms in total. The molecule has 0 fully saturated rings. The molecule has 0 aliphatic carbocycles. The normalized spacial score (nSPS) is 11.6. The highest BCUT2D eigenvalue weighted by molar-refractivity contribution is 8.13. The number of tetrazole rings is 1. The maximum Gasteiger partial charge on any atom is 0.305 e. The van der Waals surface area contributed by atoms with E-state index in [-0.39, 0.29) is 17.6 Å². The van der Waals surface area contributed by atoms with Gasteiger partial charge in [-0.05, 0) is 58.4 Å². The Morgan fingerprint density at radius 3 is 2.39 bits per heavy atom. The van der Waals surface area contributed by atoms with E-state index in [9.17, 15) is 24.3 Å². The number of ketones is 1. The monoisotopic (exact) mass is 596 g/mol. The van der Waals surface area contributed by atoms with Gasteiger partial charge in [0.2, 0.25) is 11.1 Å². The third-order valence-corrected chi connectivity index (χ3v) is 7.64. The first kappa shape index (κ1) is 29.4. The number of carboxylic acid groups (broad SMARTS) is 1. The number of thioether (sulfide) groups is 1. The van der Waals surface area contributed by atoms with Crippen LogP contribution in [0.4, 0.5) is 10.5 Å². The molecule has 0 spiro atoms. The summed E-state index contributed by atoms with van der Waals surface area (Å²) < 4.78 is 1.19. The molecule has 0 aliphatic heterocycles. The van der Waals surface area contributed by atoms with Crippen molar-refractivity contribution in [2.75, 3.05) is 11.1 Å². The number of carbonyl (C=O) groups is 4. The zero-order valence-electron chi connectivity index (χ0n) is 19.9. The molecule has 0 saturated carbocycles. The molecule has 0 radical (unpaired) electrons. The Kier molecular flexibility index (Phi) is 11.0. The maximum atomic E-state index is 12.9. The molecule has 2 aromatic carbocycles. The number of hydrogen-bond acceptors (Lipinski definition) is 9.